The van der Waals surface area contributed by atoms with Gasteiger partial charge in [-0.2, -0.15) is 0 Å². The summed E-state index contributed by atoms with van der Waals surface area (Å²) in [6.07, 6.45) is 13.5. The van der Waals surface area contributed by atoms with Crippen LogP contribution in [0.25, 0.3) is 5.70 Å². The van der Waals surface area contributed by atoms with Gasteiger partial charge in [0.15, 0.2) is 0 Å². The molecule has 0 aliphatic carbocycles. The lowest BCUT2D eigenvalue weighted by atomic mass is 9.97. The van der Waals surface area contributed by atoms with Crippen molar-refractivity contribution in [2.24, 2.45) is 11.8 Å². The summed E-state index contributed by atoms with van der Waals surface area (Å²) in [7, 11) is 2.24. The van der Waals surface area contributed by atoms with E-state index in [2.05, 4.69) is 81.9 Å². The molecule has 3 atom stereocenters. The van der Waals surface area contributed by atoms with Crippen molar-refractivity contribution in [2.45, 2.75) is 78.7 Å². The number of unbranched alkanes of at least 4 members (excludes halogenated alkanes) is 3. The Balaban J connectivity index is 1.88. The van der Waals surface area contributed by atoms with Crippen LogP contribution in [0.15, 0.2) is 36.9 Å². The number of nitrogens with zero attached hydrogens (tertiary/aromatic N) is 1. The molecule has 2 rings (SSSR count). The van der Waals surface area contributed by atoms with E-state index in [1.165, 1.54) is 55.3 Å². The summed E-state index contributed by atoms with van der Waals surface area (Å²) in [5.74, 6) is 1.33. The Hall–Kier alpha value is -1.70. The molecule has 1 aliphatic rings. The van der Waals surface area contributed by atoms with Gasteiger partial charge in [-0.25, -0.2) is 0 Å². The molecular weight excluding hydrogens is 340 g/mol. The van der Waals surface area contributed by atoms with E-state index in [0.717, 1.165) is 24.6 Å². The van der Waals surface area contributed by atoms with Crippen molar-refractivity contribution in [1.29, 1.82) is 0 Å². The van der Waals surface area contributed by atoms with Crippen LogP contribution >= 0.6 is 0 Å². The predicted molar refractivity (Wildman–Crippen MR) is 126 cm³/mol. The molecule has 1 aliphatic heterocycles. The van der Waals surface area contributed by atoms with Crippen molar-refractivity contribution < 1.29 is 0 Å². The van der Waals surface area contributed by atoms with E-state index in [-0.39, 0.29) is 0 Å². The van der Waals surface area contributed by atoms with E-state index in [0.29, 0.717) is 12.0 Å². The largest absolute Gasteiger partial charge is 0.385 e. The van der Waals surface area contributed by atoms with Crippen LogP contribution in [0.5, 0.6) is 0 Å². The molecule has 0 spiro atoms. The molecule has 0 saturated carbocycles. The SMILES string of the molecule is C=C(NC[C@@H](C)C/C=C/CCCCC)c1ccc2c(c1)N(C)C(C)[C@@H](C)CC2. The standard InChI is InChI=1S/C26H42N2/c1-7-8-9-10-11-12-13-20(2)19-27-22(4)25-17-16-24-15-14-21(3)23(5)28(6)26(24)18-25/h11-12,16-18,20-21,23,27H,4,7-10,13-15,19H2,1-3,5-6H3/b12-11+/t20-,21-,23?/m0/s1. The molecule has 0 radical (unpaired) electrons. The smallest absolute Gasteiger partial charge is 0.0405 e. The maximum absolute atomic E-state index is 4.31. The van der Waals surface area contributed by atoms with E-state index in [1.54, 1.807) is 0 Å². The number of anilines is 1. The van der Waals surface area contributed by atoms with E-state index in [4.69, 9.17) is 0 Å². The van der Waals surface area contributed by atoms with Crippen molar-refractivity contribution in [3.05, 3.63) is 48.1 Å². The number of aryl methyl sites for hydroxylation is 1. The Morgan fingerprint density at radius 2 is 2.07 bits per heavy atom. The van der Waals surface area contributed by atoms with Gasteiger partial charge in [0.1, 0.15) is 0 Å². The van der Waals surface area contributed by atoms with Crippen molar-refractivity contribution >= 4 is 11.4 Å². The Labute approximate surface area is 174 Å². The molecule has 0 amide bonds. The summed E-state index contributed by atoms with van der Waals surface area (Å²) < 4.78 is 0. The van der Waals surface area contributed by atoms with E-state index in [1.807, 2.05) is 0 Å². The van der Waals surface area contributed by atoms with Gasteiger partial charge in [-0.3, -0.25) is 0 Å². The molecule has 1 unspecified atom stereocenters. The number of benzene rings is 1. The normalized spacial score (nSPS) is 20.7. The zero-order chi connectivity index (χ0) is 20.5. The lowest BCUT2D eigenvalue weighted by molar-refractivity contribution is 0.449. The van der Waals surface area contributed by atoms with Gasteiger partial charge < -0.3 is 10.2 Å². The minimum atomic E-state index is 0.571. The van der Waals surface area contributed by atoms with Crippen LogP contribution in [0.1, 0.15) is 77.3 Å². The predicted octanol–water partition coefficient (Wildman–Crippen LogP) is 6.82. The number of hydrogen-bond acceptors (Lipinski definition) is 2. The number of rotatable bonds is 10. The van der Waals surface area contributed by atoms with Gasteiger partial charge in [-0.05, 0) is 68.1 Å². The summed E-state index contributed by atoms with van der Waals surface area (Å²) >= 11 is 0. The van der Waals surface area contributed by atoms with Gasteiger partial charge >= 0.3 is 0 Å². The van der Waals surface area contributed by atoms with Crippen LogP contribution in [-0.2, 0) is 6.42 Å². The van der Waals surface area contributed by atoms with E-state index < -0.39 is 0 Å². The van der Waals surface area contributed by atoms with Crippen LogP contribution in [0.2, 0.25) is 0 Å². The van der Waals surface area contributed by atoms with Crippen LogP contribution in [0.4, 0.5) is 5.69 Å². The summed E-state index contributed by atoms with van der Waals surface area (Å²) in [6, 6.07) is 7.45. The maximum atomic E-state index is 4.31. The summed E-state index contributed by atoms with van der Waals surface area (Å²) in [6.45, 7) is 14.6. The molecule has 2 nitrogen and oxygen atoms in total. The molecule has 1 N–H and O–H groups in total. The molecule has 1 aromatic carbocycles. The van der Waals surface area contributed by atoms with Crippen LogP contribution < -0.4 is 10.2 Å². The first-order valence-electron chi connectivity index (χ1n) is 11.4. The fraction of sp³-hybridized carbons (Fsp3) is 0.615. The highest BCUT2D eigenvalue weighted by atomic mass is 15.1. The lowest BCUT2D eigenvalue weighted by Gasteiger charge is -2.30. The van der Waals surface area contributed by atoms with Crippen LogP contribution in [0, 0.1) is 11.8 Å². The minimum absolute atomic E-state index is 0.571. The summed E-state index contributed by atoms with van der Waals surface area (Å²) in [5.41, 5.74) is 5.10. The third-order valence-corrected chi connectivity index (χ3v) is 6.46. The highest BCUT2D eigenvalue weighted by Gasteiger charge is 2.23. The average molecular weight is 383 g/mol. The van der Waals surface area contributed by atoms with Crippen molar-refractivity contribution in [1.82, 2.24) is 5.32 Å². The number of nitrogens with one attached hydrogen (secondary N) is 1. The van der Waals surface area contributed by atoms with Gasteiger partial charge in [-0.15, -0.1) is 0 Å². The van der Waals surface area contributed by atoms with Crippen LogP contribution in [0.3, 0.4) is 0 Å². The monoisotopic (exact) mass is 382 g/mol. The van der Waals surface area contributed by atoms with Crippen molar-refractivity contribution in [3.8, 4) is 0 Å². The second-order valence-electron chi connectivity index (χ2n) is 8.88. The number of allylic oxidation sites excluding steroid dienone is 2. The van der Waals surface area contributed by atoms with Crippen LogP contribution in [-0.4, -0.2) is 19.6 Å². The quantitative estimate of drug-likeness (QED) is 0.353. The third-order valence-electron chi connectivity index (χ3n) is 6.46. The zero-order valence-electron chi connectivity index (χ0n) is 18.9. The molecule has 0 saturated heterocycles. The molecule has 0 bridgehead atoms. The Morgan fingerprint density at radius 3 is 2.82 bits per heavy atom. The van der Waals surface area contributed by atoms with Gasteiger partial charge in [0.25, 0.3) is 0 Å². The molecule has 28 heavy (non-hydrogen) atoms. The second-order valence-corrected chi connectivity index (χ2v) is 8.88. The highest BCUT2D eigenvalue weighted by Crippen LogP contribution is 2.33. The summed E-state index contributed by atoms with van der Waals surface area (Å²) in [5, 5.41) is 3.57. The Morgan fingerprint density at radius 1 is 1.29 bits per heavy atom. The van der Waals surface area contributed by atoms with E-state index >= 15 is 0 Å². The second kappa shape index (κ2) is 11.3. The molecule has 2 heteroatoms. The molecule has 0 fully saturated rings. The number of fused-ring (bicyclic) bond motifs is 1. The minimum Gasteiger partial charge on any atom is -0.385 e. The Kier molecular flexibility index (Phi) is 9.15. The van der Waals surface area contributed by atoms with Gasteiger partial charge in [-0.1, -0.05) is 64.5 Å². The van der Waals surface area contributed by atoms with Gasteiger partial charge in [0, 0.05) is 31.0 Å². The molecule has 156 valence electrons. The zero-order valence-corrected chi connectivity index (χ0v) is 18.9. The average Bonchev–Trinajstić information content (AvgIpc) is 2.80. The highest BCUT2D eigenvalue weighted by molar-refractivity contribution is 5.68. The van der Waals surface area contributed by atoms with Gasteiger partial charge in [0.2, 0.25) is 0 Å². The summed E-state index contributed by atoms with van der Waals surface area (Å²) in [4.78, 5) is 2.45. The first kappa shape index (κ1) is 22.6. The number of hydrogen-bond donors (Lipinski definition) is 1. The first-order valence-corrected chi connectivity index (χ1v) is 11.4. The molecule has 1 aromatic rings. The fourth-order valence-electron chi connectivity index (χ4n) is 3.96. The maximum Gasteiger partial charge on any atom is 0.0405 e. The van der Waals surface area contributed by atoms with Crippen molar-refractivity contribution in [2.75, 3.05) is 18.5 Å². The van der Waals surface area contributed by atoms with Gasteiger partial charge in [0.05, 0.1) is 0 Å². The fourth-order valence-corrected chi connectivity index (χ4v) is 3.96. The molecular formula is C26H42N2. The first-order chi connectivity index (χ1) is 13.4. The van der Waals surface area contributed by atoms with E-state index in [9.17, 15) is 0 Å². The molecule has 1 heterocycles. The topological polar surface area (TPSA) is 15.3 Å². The third kappa shape index (κ3) is 6.43. The molecule has 0 aromatic heterocycles. The van der Waals surface area contributed by atoms with Crippen molar-refractivity contribution in [3.63, 3.8) is 0 Å². The lowest BCUT2D eigenvalue weighted by Crippen LogP contribution is -2.33. The Bertz CT molecular complexity index is 646.